The van der Waals surface area contributed by atoms with Crippen molar-refractivity contribution in [2.24, 2.45) is 7.05 Å². The molecule has 2 aromatic heterocycles. The molecule has 1 fully saturated rings. The average molecular weight is 363 g/mol. The van der Waals surface area contributed by atoms with Gasteiger partial charge in [-0.3, -0.25) is 14.3 Å². The summed E-state index contributed by atoms with van der Waals surface area (Å²) in [6.07, 6.45) is 4.05. The van der Waals surface area contributed by atoms with E-state index in [1.165, 1.54) is 4.57 Å². The maximum Gasteiger partial charge on any atom is 0.329 e. The number of aliphatic hydroxyl groups excluding tert-OH is 1. The van der Waals surface area contributed by atoms with Crippen LogP contribution in [0, 0.1) is 0 Å². The predicted octanol–water partition coefficient (Wildman–Crippen LogP) is -0.0229. The Labute approximate surface area is 150 Å². The van der Waals surface area contributed by atoms with Crippen LogP contribution >= 0.6 is 0 Å². The number of nitrogens with zero attached hydrogens (tertiary/aromatic N) is 4. The number of fused-ring (bicyclic) bond motifs is 1. The van der Waals surface area contributed by atoms with Gasteiger partial charge in [0.2, 0.25) is 5.95 Å². The number of anilines is 1. The lowest BCUT2D eigenvalue weighted by Crippen LogP contribution is -2.34. The maximum atomic E-state index is 12.4. The van der Waals surface area contributed by atoms with Gasteiger partial charge in [-0.05, 0) is 19.3 Å². The van der Waals surface area contributed by atoms with Gasteiger partial charge in [0.25, 0.3) is 5.56 Å². The number of piperidine rings is 1. The molecule has 9 heteroatoms. The Morgan fingerprint density at radius 3 is 2.77 bits per heavy atom. The molecule has 26 heavy (non-hydrogen) atoms. The van der Waals surface area contributed by atoms with Crippen molar-refractivity contribution < 1.29 is 9.84 Å². The van der Waals surface area contributed by atoms with E-state index in [-0.39, 0.29) is 18.7 Å². The Hall–Kier alpha value is -2.39. The fourth-order valence-corrected chi connectivity index (χ4v) is 3.28. The lowest BCUT2D eigenvalue weighted by Gasteiger charge is -2.28. The number of aryl methyl sites for hydroxylation is 1. The van der Waals surface area contributed by atoms with Crippen LogP contribution in [0.5, 0.6) is 0 Å². The fraction of sp³-hybridized carbons (Fsp3) is 0.588. The van der Waals surface area contributed by atoms with Gasteiger partial charge in [-0.1, -0.05) is 6.08 Å². The van der Waals surface area contributed by atoms with Gasteiger partial charge >= 0.3 is 5.69 Å². The van der Waals surface area contributed by atoms with Gasteiger partial charge in [-0.25, -0.2) is 4.79 Å². The maximum absolute atomic E-state index is 12.4. The number of hydrogen-bond donors (Lipinski definition) is 2. The Kier molecular flexibility index (Phi) is 5.58. The Morgan fingerprint density at radius 2 is 2.08 bits per heavy atom. The minimum atomic E-state index is -0.812. The fourth-order valence-electron chi connectivity index (χ4n) is 3.28. The molecule has 3 heterocycles. The predicted molar refractivity (Wildman–Crippen MR) is 98.7 cm³/mol. The van der Waals surface area contributed by atoms with Crippen LogP contribution in [-0.4, -0.2) is 56.6 Å². The van der Waals surface area contributed by atoms with E-state index in [9.17, 15) is 14.7 Å². The number of nitrogens with one attached hydrogen (secondary N) is 1. The molecule has 1 atom stereocenters. The molecule has 0 bridgehead atoms. The van der Waals surface area contributed by atoms with Crippen LogP contribution in [0.3, 0.4) is 0 Å². The molecule has 142 valence electrons. The second-order valence-corrected chi connectivity index (χ2v) is 6.54. The molecular weight excluding hydrogens is 338 g/mol. The zero-order valence-electron chi connectivity index (χ0n) is 15.0. The lowest BCUT2D eigenvalue weighted by molar-refractivity contribution is 0.0404. The summed E-state index contributed by atoms with van der Waals surface area (Å²) in [7, 11) is 1.57. The van der Waals surface area contributed by atoms with Crippen molar-refractivity contribution in [2.75, 3.05) is 31.2 Å². The highest BCUT2D eigenvalue weighted by molar-refractivity contribution is 5.74. The Bertz CT molecular complexity index is 891. The molecule has 0 amide bonds. The summed E-state index contributed by atoms with van der Waals surface area (Å²) in [5, 5.41) is 10.3. The number of aliphatic hydroxyl groups is 1. The SMILES string of the molecule is C=CCOC[C@@H](O)Cn1c(N2CCCCC2)nc2c1c(=O)[nH]c(=O)n2C. The Balaban J connectivity index is 2.04. The molecule has 0 unspecified atom stereocenters. The van der Waals surface area contributed by atoms with E-state index in [4.69, 9.17) is 4.74 Å². The molecule has 1 aliphatic rings. The van der Waals surface area contributed by atoms with Crippen LogP contribution in [0.1, 0.15) is 19.3 Å². The van der Waals surface area contributed by atoms with Crippen LogP contribution in [0.4, 0.5) is 5.95 Å². The monoisotopic (exact) mass is 363 g/mol. The van der Waals surface area contributed by atoms with Gasteiger partial charge in [-0.2, -0.15) is 4.98 Å². The van der Waals surface area contributed by atoms with Crippen LogP contribution in [0.15, 0.2) is 22.2 Å². The first-order valence-corrected chi connectivity index (χ1v) is 8.84. The summed E-state index contributed by atoms with van der Waals surface area (Å²) in [5.41, 5.74) is -0.403. The quantitative estimate of drug-likeness (QED) is 0.529. The summed E-state index contributed by atoms with van der Waals surface area (Å²) in [5.74, 6) is 0.606. The second kappa shape index (κ2) is 7.88. The van der Waals surface area contributed by atoms with Crippen molar-refractivity contribution in [1.82, 2.24) is 19.1 Å². The minimum absolute atomic E-state index is 0.120. The smallest absolute Gasteiger partial charge is 0.329 e. The number of aromatic nitrogens is 4. The van der Waals surface area contributed by atoms with Gasteiger partial charge in [0.15, 0.2) is 11.2 Å². The molecule has 2 aromatic rings. The summed E-state index contributed by atoms with van der Waals surface area (Å²) in [4.78, 5) is 33.3. The number of aromatic amines is 1. The van der Waals surface area contributed by atoms with Crippen molar-refractivity contribution in [3.8, 4) is 0 Å². The number of ether oxygens (including phenoxy) is 1. The molecule has 0 saturated carbocycles. The number of hydrogen-bond acceptors (Lipinski definition) is 6. The zero-order valence-corrected chi connectivity index (χ0v) is 15.0. The van der Waals surface area contributed by atoms with Crippen LogP contribution in [0.25, 0.3) is 11.2 Å². The highest BCUT2D eigenvalue weighted by atomic mass is 16.5. The first kappa shape index (κ1) is 18.4. The highest BCUT2D eigenvalue weighted by Gasteiger charge is 2.24. The number of rotatable bonds is 7. The van der Waals surface area contributed by atoms with Gasteiger partial charge in [0, 0.05) is 20.1 Å². The number of H-pyrrole nitrogens is 1. The molecule has 0 aromatic carbocycles. The molecule has 9 nitrogen and oxygen atoms in total. The Morgan fingerprint density at radius 1 is 1.35 bits per heavy atom. The van der Waals surface area contributed by atoms with Crippen molar-refractivity contribution >= 4 is 17.1 Å². The average Bonchev–Trinajstić information content (AvgIpc) is 3.00. The third kappa shape index (κ3) is 3.58. The second-order valence-electron chi connectivity index (χ2n) is 6.54. The molecule has 0 aliphatic carbocycles. The van der Waals surface area contributed by atoms with Crippen molar-refractivity contribution in [3.05, 3.63) is 33.5 Å². The standard InChI is InChI=1S/C17H25N5O4/c1-3-9-26-11-12(23)10-22-13-14(20(2)17(25)19-15(13)24)18-16(22)21-7-5-4-6-8-21/h3,12,23H,1,4-11H2,2H3,(H,19,24,25)/t12-/m0/s1. The topological polar surface area (TPSA) is 105 Å². The van der Waals surface area contributed by atoms with Gasteiger partial charge in [0.1, 0.15) is 0 Å². The van der Waals surface area contributed by atoms with E-state index in [1.807, 2.05) is 0 Å². The summed E-state index contributed by atoms with van der Waals surface area (Å²) in [6, 6.07) is 0. The van der Waals surface area contributed by atoms with Crippen molar-refractivity contribution in [1.29, 1.82) is 0 Å². The largest absolute Gasteiger partial charge is 0.389 e. The van der Waals surface area contributed by atoms with Crippen LogP contribution in [-0.2, 0) is 18.3 Å². The molecule has 1 saturated heterocycles. The van der Waals surface area contributed by atoms with Crippen molar-refractivity contribution in [2.45, 2.75) is 31.9 Å². The molecule has 0 spiro atoms. The van der Waals surface area contributed by atoms with E-state index < -0.39 is 17.4 Å². The summed E-state index contributed by atoms with van der Waals surface area (Å²) >= 11 is 0. The number of imidazole rings is 1. The molecule has 0 radical (unpaired) electrons. The van der Waals surface area contributed by atoms with Crippen LogP contribution < -0.4 is 16.1 Å². The molecule has 3 rings (SSSR count). The van der Waals surface area contributed by atoms with Gasteiger partial charge in [-0.15, -0.1) is 6.58 Å². The molecular formula is C17H25N5O4. The van der Waals surface area contributed by atoms with E-state index in [1.54, 1.807) is 17.7 Å². The lowest BCUT2D eigenvalue weighted by atomic mass is 10.1. The summed E-state index contributed by atoms with van der Waals surface area (Å²) in [6.45, 7) is 5.85. The van der Waals surface area contributed by atoms with E-state index in [2.05, 4.69) is 21.4 Å². The normalized spacial score (nSPS) is 16.2. The highest BCUT2D eigenvalue weighted by Crippen LogP contribution is 2.23. The molecule has 2 N–H and O–H groups in total. The minimum Gasteiger partial charge on any atom is -0.389 e. The molecule has 1 aliphatic heterocycles. The third-order valence-corrected chi connectivity index (χ3v) is 4.57. The van der Waals surface area contributed by atoms with Gasteiger partial charge < -0.3 is 19.3 Å². The van der Waals surface area contributed by atoms with E-state index >= 15 is 0 Å². The van der Waals surface area contributed by atoms with Gasteiger partial charge in [0.05, 0.1) is 25.9 Å². The first-order chi connectivity index (χ1) is 12.5. The van der Waals surface area contributed by atoms with Crippen molar-refractivity contribution in [3.63, 3.8) is 0 Å². The first-order valence-electron chi connectivity index (χ1n) is 8.84. The zero-order chi connectivity index (χ0) is 18.7. The van der Waals surface area contributed by atoms with Crippen LogP contribution in [0.2, 0.25) is 0 Å². The third-order valence-electron chi connectivity index (χ3n) is 4.57. The summed E-state index contributed by atoms with van der Waals surface area (Å²) < 4.78 is 8.32. The van der Waals surface area contributed by atoms with E-state index in [0.717, 1.165) is 32.4 Å². The van der Waals surface area contributed by atoms with E-state index in [0.29, 0.717) is 18.2 Å².